The van der Waals surface area contributed by atoms with Gasteiger partial charge in [-0.05, 0) is 53.2 Å². The maximum Gasteiger partial charge on any atom is 0.257 e. The zero-order chi connectivity index (χ0) is 13.1. The van der Waals surface area contributed by atoms with Crippen molar-refractivity contribution in [3.63, 3.8) is 0 Å². The molecule has 1 aromatic carbocycles. The second kappa shape index (κ2) is 5.18. The number of anilines is 2. The van der Waals surface area contributed by atoms with Crippen molar-refractivity contribution >= 4 is 33.2 Å². The smallest absolute Gasteiger partial charge is 0.257 e. The van der Waals surface area contributed by atoms with Crippen molar-refractivity contribution in [3.8, 4) is 0 Å². The summed E-state index contributed by atoms with van der Waals surface area (Å²) >= 11 is 3.30. The van der Waals surface area contributed by atoms with Gasteiger partial charge in [0.25, 0.3) is 5.91 Å². The monoisotopic (exact) mass is 305 g/mol. The summed E-state index contributed by atoms with van der Waals surface area (Å²) in [5.74, 6) is -0.204. The van der Waals surface area contributed by atoms with Gasteiger partial charge in [-0.1, -0.05) is 0 Å². The Hall–Kier alpha value is -1.88. The molecule has 0 aliphatic carbocycles. The van der Waals surface area contributed by atoms with Crippen LogP contribution in [0.4, 0.5) is 11.4 Å². The Morgan fingerprint density at radius 3 is 2.72 bits per heavy atom. The normalized spacial score (nSPS) is 10.1. The highest BCUT2D eigenvalue weighted by molar-refractivity contribution is 9.10. The molecule has 18 heavy (non-hydrogen) atoms. The largest absolute Gasteiger partial charge is 0.398 e. The summed E-state index contributed by atoms with van der Waals surface area (Å²) in [6, 6.07) is 8.80. The molecule has 1 amide bonds. The lowest BCUT2D eigenvalue weighted by atomic mass is 10.2. The van der Waals surface area contributed by atoms with Gasteiger partial charge in [-0.25, -0.2) is 0 Å². The van der Waals surface area contributed by atoms with E-state index in [-0.39, 0.29) is 5.91 Å². The van der Waals surface area contributed by atoms with Gasteiger partial charge >= 0.3 is 0 Å². The van der Waals surface area contributed by atoms with Crippen LogP contribution in [0.15, 0.2) is 41.0 Å². The molecular weight excluding hydrogens is 294 g/mol. The maximum absolute atomic E-state index is 11.9. The molecule has 2 aromatic rings. The van der Waals surface area contributed by atoms with Crippen LogP contribution in [0.5, 0.6) is 0 Å². The number of aryl methyl sites for hydroxylation is 1. The molecule has 5 heteroatoms. The third-order valence-electron chi connectivity index (χ3n) is 2.43. The fraction of sp³-hybridized carbons (Fsp3) is 0.0769. The second-order valence-corrected chi connectivity index (χ2v) is 4.73. The molecule has 0 aliphatic rings. The Balaban J connectivity index is 2.16. The number of nitrogens with two attached hydrogens (primary N) is 1. The predicted octanol–water partition coefficient (Wildman–Crippen LogP) is 2.99. The van der Waals surface area contributed by atoms with Gasteiger partial charge in [-0.2, -0.15) is 0 Å². The SMILES string of the molecule is Cc1ccc(C(=O)Nc2ccc(Br)c(N)c2)cn1. The fourth-order valence-electron chi connectivity index (χ4n) is 1.43. The molecule has 0 aliphatic heterocycles. The highest BCUT2D eigenvalue weighted by atomic mass is 79.9. The molecule has 0 unspecified atom stereocenters. The molecule has 4 nitrogen and oxygen atoms in total. The average Bonchev–Trinajstić information content (AvgIpc) is 2.34. The number of aromatic nitrogens is 1. The van der Waals surface area contributed by atoms with Crippen molar-refractivity contribution in [1.29, 1.82) is 0 Å². The Labute approximate surface area is 113 Å². The van der Waals surface area contributed by atoms with Crippen LogP contribution in [0.25, 0.3) is 0 Å². The van der Waals surface area contributed by atoms with E-state index in [1.165, 1.54) is 0 Å². The number of benzene rings is 1. The van der Waals surface area contributed by atoms with Crippen molar-refractivity contribution < 1.29 is 4.79 Å². The van der Waals surface area contributed by atoms with Crippen LogP contribution in [0.3, 0.4) is 0 Å². The van der Waals surface area contributed by atoms with Gasteiger partial charge in [0.2, 0.25) is 0 Å². The van der Waals surface area contributed by atoms with Crippen molar-refractivity contribution in [2.75, 3.05) is 11.1 Å². The van der Waals surface area contributed by atoms with Crippen LogP contribution >= 0.6 is 15.9 Å². The molecule has 0 bridgehead atoms. The first kappa shape index (κ1) is 12.6. The molecular formula is C13H12BrN3O. The summed E-state index contributed by atoms with van der Waals surface area (Å²) in [5.41, 5.74) is 8.37. The number of hydrogen-bond acceptors (Lipinski definition) is 3. The Bertz CT molecular complexity index is 581. The summed E-state index contributed by atoms with van der Waals surface area (Å²) in [6.45, 7) is 1.87. The van der Waals surface area contributed by atoms with Crippen molar-refractivity contribution in [1.82, 2.24) is 4.98 Å². The molecule has 0 saturated heterocycles. The maximum atomic E-state index is 11.9. The number of hydrogen-bond donors (Lipinski definition) is 2. The van der Waals surface area contributed by atoms with Gasteiger partial charge in [0.15, 0.2) is 0 Å². The minimum Gasteiger partial charge on any atom is -0.398 e. The first-order valence-corrected chi connectivity index (χ1v) is 6.14. The number of halogens is 1. The van der Waals surface area contributed by atoms with E-state index in [1.54, 1.807) is 36.5 Å². The van der Waals surface area contributed by atoms with Crippen LogP contribution in [-0.4, -0.2) is 10.9 Å². The molecule has 92 valence electrons. The standard InChI is InChI=1S/C13H12BrN3O/c1-8-2-3-9(7-16-8)13(18)17-10-4-5-11(14)12(15)6-10/h2-7H,15H2,1H3,(H,17,18). The quantitative estimate of drug-likeness (QED) is 0.838. The number of pyridine rings is 1. The molecule has 2 rings (SSSR count). The highest BCUT2D eigenvalue weighted by Gasteiger charge is 2.07. The van der Waals surface area contributed by atoms with Crippen LogP contribution in [0.1, 0.15) is 16.1 Å². The summed E-state index contributed by atoms with van der Waals surface area (Å²) in [5, 5.41) is 2.77. The molecule has 1 aromatic heterocycles. The van der Waals surface area contributed by atoms with Gasteiger partial charge in [0, 0.05) is 27.7 Å². The molecule has 0 saturated carbocycles. The van der Waals surface area contributed by atoms with E-state index in [9.17, 15) is 4.79 Å². The molecule has 1 heterocycles. The summed E-state index contributed by atoms with van der Waals surface area (Å²) in [4.78, 5) is 16.0. The van der Waals surface area contributed by atoms with E-state index in [0.29, 0.717) is 16.9 Å². The van der Waals surface area contributed by atoms with Crippen molar-refractivity contribution in [3.05, 3.63) is 52.3 Å². The van der Waals surface area contributed by atoms with Gasteiger partial charge in [-0.3, -0.25) is 9.78 Å². The number of nitrogen functional groups attached to an aromatic ring is 1. The topological polar surface area (TPSA) is 68.0 Å². The predicted molar refractivity (Wildman–Crippen MR) is 75.5 cm³/mol. The number of carbonyl (C=O) groups is 1. The Kier molecular flexibility index (Phi) is 3.62. The van der Waals surface area contributed by atoms with Crippen LogP contribution in [-0.2, 0) is 0 Å². The zero-order valence-electron chi connectivity index (χ0n) is 9.77. The minimum atomic E-state index is -0.204. The lowest BCUT2D eigenvalue weighted by molar-refractivity contribution is 0.102. The Morgan fingerprint density at radius 2 is 2.11 bits per heavy atom. The van der Waals surface area contributed by atoms with E-state index < -0.39 is 0 Å². The zero-order valence-corrected chi connectivity index (χ0v) is 11.4. The minimum absolute atomic E-state index is 0.204. The lowest BCUT2D eigenvalue weighted by Gasteiger charge is -2.07. The first-order chi connectivity index (χ1) is 8.56. The Morgan fingerprint density at radius 1 is 1.33 bits per heavy atom. The van der Waals surface area contributed by atoms with Crippen LogP contribution in [0, 0.1) is 6.92 Å². The number of nitrogens with zero attached hydrogens (tertiary/aromatic N) is 1. The number of nitrogens with one attached hydrogen (secondary N) is 1. The third-order valence-corrected chi connectivity index (χ3v) is 3.15. The van der Waals surface area contributed by atoms with Gasteiger partial charge in [0.05, 0.1) is 5.56 Å². The number of rotatable bonds is 2. The number of amides is 1. The molecule has 0 radical (unpaired) electrons. The second-order valence-electron chi connectivity index (χ2n) is 3.88. The van der Waals surface area contributed by atoms with Crippen molar-refractivity contribution in [2.45, 2.75) is 6.92 Å². The molecule has 0 spiro atoms. The fourth-order valence-corrected chi connectivity index (χ4v) is 1.67. The summed E-state index contributed by atoms with van der Waals surface area (Å²) < 4.78 is 0.803. The van der Waals surface area contributed by atoms with E-state index in [2.05, 4.69) is 26.2 Å². The summed E-state index contributed by atoms with van der Waals surface area (Å²) in [6.07, 6.45) is 1.55. The van der Waals surface area contributed by atoms with Crippen molar-refractivity contribution in [2.24, 2.45) is 0 Å². The first-order valence-electron chi connectivity index (χ1n) is 5.35. The lowest BCUT2D eigenvalue weighted by Crippen LogP contribution is -2.12. The van der Waals surface area contributed by atoms with E-state index in [4.69, 9.17) is 5.73 Å². The van der Waals surface area contributed by atoms with Crippen LogP contribution in [0.2, 0.25) is 0 Å². The molecule has 3 N–H and O–H groups in total. The molecule has 0 atom stereocenters. The number of carbonyl (C=O) groups excluding carboxylic acids is 1. The van der Waals surface area contributed by atoms with Gasteiger partial charge in [-0.15, -0.1) is 0 Å². The highest BCUT2D eigenvalue weighted by Crippen LogP contribution is 2.23. The third kappa shape index (κ3) is 2.87. The van der Waals surface area contributed by atoms with Gasteiger partial charge in [0.1, 0.15) is 0 Å². The average molecular weight is 306 g/mol. The van der Waals surface area contributed by atoms with E-state index in [1.807, 2.05) is 6.92 Å². The van der Waals surface area contributed by atoms with E-state index in [0.717, 1.165) is 10.2 Å². The van der Waals surface area contributed by atoms with Crippen LogP contribution < -0.4 is 11.1 Å². The summed E-state index contributed by atoms with van der Waals surface area (Å²) in [7, 11) is 0. The van der Waals surface area contributed by atoms with E-state index >= 15 is 0 Å². The van der Waals surface area contributed by atoms with Gasteiger partial charge < -0.3 is 11.1 Å². The molecule has 0 fully saturated rings.